The van der Waals surface area contributed by atoms with Crippen molar-refractivity contribution in [2.24, 2.45) is 5.92 Å². The summed E-state index contributed by atoms with van der Waals surface area (Å²) in [6, 6.07) is 0.321. The number of nitrogens with zero attached hydrogens (tertiary/aromatic N) is 1. The Morgan fingerprint density at radius 3 is 2.65 bits per heavy atom. The maximum atomic E-state index is 12.3. The number of likely N-dealkylation sites (tertiary alicyclic amines) is 1. The lowest BCUT2D eigenvalue weighted by Crippen LogP contribution is -2.46. The molecule has 2 fully saturated rings. The normalized spacial score (nSPS) is 22.3. The first-order valence-corrected chi connectivity index (χ1v) is 9.72. The Balaban J connectivity index is 0.00000264. The van der Waals surface area contributed by atoms with Gasteiger partial charge in [-0.2, -0.15) is 11.8 Å². The van der Waals surface area contributed by atoms with Gasteiger partial charge in [0.2, 0.25) is 11.8 Å². The van der Waals surface area contributed by atoms with Gasteiger partial charge in [-0.05, 0) is 19.3 Å². The molecule has 0 aromatic heterocycles. The Kier molecular flexibility index (Phi) is 9.99. The van der Waals surface area contributed by atoms with Crippen LogP contribution in [0.1, 0.15) is 39.0 Å². The van der Waals surface area contributed by atoms with Crippen LogP contribution in [0.5, 0.6) is 0 Å². The number of unbranched alkanes of at least 4 members (excludes halogenated alkanes) is 1. The van der Waals surface area contributed by atoms with Gasteiger partial charge < -0.3 is 15.5 Å². The molecule has 2 N–H and O–H groups in total. The quantitative estimate of drug-likeness (QED) is 0.704. The number of carbonyl (C=O) groups excluding carboxylic acids is 2. The average molecular weight is 364 g/mol. The molecule has 2 amide bonds. The number of piperidine rings is 1. The SMILES string of the molecule is CCCCNC(=O)C1CCN(C(=O)CC2CSCCN2)CC1.Cl. The molecule has 0 aromatic carbocycles. The Hall–Kier alpha value is -0.460. The number of amides is 2. The van der Waals surface area contributed by atoms with Crippen LogP contribution in [0.4, 0.5) is 0 Å². The standard InChI is InChI=1S/C16H29N3O2S.ClH/c1-2-3-6-18-16(21)13-4-8-19(9-5-13)15(20)11-14-12-22-10-7-17-14;/h13-14,17H,2-12H2,1H3,(H,18,21);1H. The Bertz CT molecular complexity index is 370. The highest BCUT2D eigenvalue weighted by Crippen LogP contribution is 2.19. The zero-order valence-corrected chi connectivity index (χ0v) is 15.6. The molecule has 0 aromatic rings. The number of hydrogen-bond acceptors (Lipinski definition) is 4. The van der Waals surface area contributed by atoms with Gasteiger partial charge in [-0.1, -0.05) is 13.3 Å². The lowest BCUT2D eigenvalue weighted by molar-refractivity contribution is -0.136. The monoisotopic (exact) mass is 363 g/mol. The fraction of sp³-hybridized carbons (Fsp3) is 0.875. The van der Waals surface area contributed by atoms with Gasteiger partial charge in [0, 0.05) is 56.1 Å². The molecule has 1 atom stereocenters. The van der Waals surface area contributed by atoms with Gasteiger partial charge in [-0.25, -0.2) is 0 Å². The van der Waals surface area contributed by atoms with Crippen LogP contribution in [0, 0.1) is 5.92 Å². The fourth-order valence-electron chi connectivity index (χ4n) is 3.01. The summed E-state index contributed by atoms with van der Waals surface area (Å²) in [5.41, 5.74) is 0. The molecule has 2 aliphatic rings. The molecule has 0 saturated carbocycles. The van der Waals surface area contributed by atoms with Crippen LogP contribution in [0.25, 0.3) is 0 Å². The number of carbonyl (C=O) groups is 2. The van der Waals surface area contributed by atoms with Crippen LogP contribution < -0.4 is 10.6 Å². The first kappa shape index (κ1) is 20.6. The summed E-state index contributed by atoms with van der Waals surface area (Å²) >= 11 is 1.92. The van der Waals surface area contributed by atoms with E-state index in [4.69, 9.17) is 0 Å². The molecule has 2 saturated heterocycles. The van der Waals surface area contributed by atoms with Crippen molar-refractivity contribution in [3.05, 3.63) is 0 Å². The highest BCUT2D eigenvalue weighted by Gasteiger charge is 2.28. The minimum Gasteiger partial charge on any atom is -0.356 e. The lowest BCUT2D eigenvalue weighted by Gasteiger charge is -2.33. The molecule has 7 heteroatoms. The average Bonchev–Trinajstić information content (AvgIpc) is 2.56. The lowest BCUT2D eigenvalue weighted by atomic mass is 9.95. The van der Waals surface area contributed by atoms with Crippen LogP contribution in [0.2, 0.25) is 0 Å². The highest BCUT2D eigenvalue weighted by atomic mass is 35.5. The first-order valence-electron chi connectivity index (χ1n) is 8.57. The number of nitrogens with one attached hydrogen (secondary N) is 2. The Morgan fingerprint density at radius 1 is 1.30 bits per heavy atom. The molecule has 23 heavy (non-hydrogen) atoms. The number of thioether (sulfide) groups is 1. The van der Waals surface area contributed by atoms with Crippen LogP contribution in [-0.4, -0.2) is 60.4 Å². The number of hydrogen-bond donors (Lipinski definition) is 2. The van der Waals surface area contributed by atoms with E-state index in [-0.39, 0.29) is 30.1 Å². The van der Waals surface area contributed by atoms with E-state index in [9.17, 15) is 9.59 Å². The molecule has 0 aliphatic carbocycles. The van der Waals surface area contributed by atoms with Crippen LogP contribution >= 0.6 is 24.2 Å². The van der Waals surface area contributed by atoms with Crippen LogP contribution in [0.15, 0.2) is 0 Å². The number of halogens is 1. The van der Waals surface area contributed by atoms with E-state index in [1.54, 1.807) is 0 Å². The van der Waals surface area contributed by atoms with Crippen molar-refractivity contribution in [1.29, 1.82) is 0 Å². The second kappa shape index (κ2) is 11.2. The maximum absolute atomic E-state index is 12.3. The minimum absolute atomic E-state index is 0. The van der Waals surface area contributed by atoms with Gasteiger partial charge in [0.25, 0.3) is 0 Å². The van der Waals surface area contributed by atoms with Gasteiger partial charge in [0.05, 0.1) is 0 Å². The molecule has 0 radical (unpaired) electrons. The van der Waals surface area contributed by atoms with Crippen molar-refractivity contribution in [2.45, 2.75) is 45.1 Å². The van der Waals surface area contributed by atoms with Crippen LogP contribution in [-0.2, 0) is 9.59 Å². The van der Waals surface area contributed by atoms with Gasteiger partial charge >= 0.3 is 0 Å². The van der Waals surface area contributed by atoms with Crippen molar-refractivity contribution in [1.82, 2.24) is 15.5 Å². The summed E-state index contributed by atoms with van der Waals surface area (Å²) in [5.74, 6) is 2.67. The van der Waals surface area contributed by atoms with Crippen molar-refractivity contribution in [3.63, 3.8) is 0 Å². The topological polar surface area (TPSA) is 61.4 Å². The van der Waals surface area contributed by atoms with Gasteiger partial charge in [0.1, 0.15) is 0 Å². The second-order valence-corrected chi connectivity index (χ2v) is 7.38. The van der Waals surface area contributed by atoms with E-state index < -0.39 is 0 Å². The van der Waals surface area contributed by atoms with Gasteiger partial charge in [-0.15, -0.1) is 12.4 Å². The maximum Gasteiger partial charge on any atom is 0.224 e. The van der Waals surface area contributed by atoms with Crippen LogP contribution in [0.3, 0.4) is 0 Å². The van der Waals surface area contributed by atoms with E-state index in [1.807, 2.05) is 16.7 Å². The Labute approximate surface area is 150 Å². The van der Waals surface area contributed by atoms with Crippen molar-refractivity contribution in [2.75, 3.05) is 37.7 Å². The third kappa shape index (κ3) is 6.89. The fourth-order valence-corrected chi connectivity index (χ4v) is 3.96. The Morgan fingerprint density at radius 2 is 2.04 bits per heavy atom. The van der Waals surface area contributed by atoms with E-state index in [2.05, 4.69) is 17.6 Å². The predicted molar refractivity (Wildman–Crippen MR) is 98.2 cm³/mol. The summed E-state index contributed by atoms with van der Waals surface area (Å²) in [6.45, 7) is 5.35. The van der Waals surface area contributed by atoms with E-state index in [1.165, 1.54) is 0 Å². The van der Waals surface area contributed by atoms with Crippen molar-refractivity contribution < 1.29 is 9.59 Å². The molecular formula is C16H30ClN3O2S. The third-order valence-corrected chi connectivity index (χ3v) is 5.60. The first-order chi connectivity index (χ1) is 10.7. The summed E-state index contributed by atoms with van der Waals surface area (Å²) in [5, 5.41) is 6.42. The predicted octanol–water partition coefficient (Wildman–Crippen LogP) is 1.66. The molecule has 1 unspecified atom stereocenters. The minimum atomic E-state index is 0. The van der Waals surface area contributed by atoms with Gasteiger partial charge in [-0.3, -0.25) is 9.59 Å². The van der Waals surface area contributed by atoms with Gasteiger partial charge in [0.15, 0.2) is 0 Å². The molecule has 5 nitrogen and oxygen atoms in total. The van der Waals surface area contributed by atoms with E-state index in [0.717, 1.165) is 63.4 Å². The molecule has 134 valence electrons. The highest BCUT2D eigenvalue weighted by molar-refractivity contribution is 7.99. The summed E-state index contributed by atoms with van der Waals surface area (Å²) in [7, 11) is 0. The third-order valence-electron chi connectivity index (χ3n) is 4.47. The van der Waals surface area contributed by atoms with E-state index >= 15 is 0 Å². The molecule has 0 bridgehead atoms. The van der Waals surface area contributed by atoms with Crippen molar-refractivity contribution in [3.8, 4) is 0 Å². The molecule has 2 heterocycles. The zero-order valence-electron chi connectivity index (χ0n) is 14.0. The molecular weight excluding hydrogens is 334 g/mol. The molecule has 2 rings (SSSR count). The largest absolute Gasteiger partial charge is 0.356 e. The second-order valence-electron chi connectivity index (χ2n) is 6.23. The zero-order chi connectivity index (χ0) is 15.8. The molecule has 0 spiro atoms. The summed E-state index contributed by atoms with van der Waals surface area (Å²) in [6.07, 6.45) is 4.34. The summed E-state index contributed by atoms with van der Waals surface area (Å²) in [4.78, 5) is 26.3. The smallest absolute Gasteiger partial charge is 0.224 e. The van der Waals surface area contributed by atoms with E-state index in [0.29, 0.717) is 12.5 Å². The number of rotatable bonds is 6. The summed E-state index contributed by atoms with van der Waals surface area (Å²) < 4.78 is 0. The molecule has 2 aliphatic heterocycles. The van der Waals surface area contributed by atoms with Crippen molar-refractivity contribution >= 4 is 36.0 Å².